The molecule has 1 amide bonds. The summed E-state index contributed by atoms with van der Waals surface area (Å²) in [4.78, 5) is 24.3. The number of aliphatic carboxylic acids is 1. The molecule has 0 aliphatic carbocycles. The Balaban J connectivity index is 2.57. The van der Waals surface area contributed by atoms with Gasteiger partial charge in [0.05, 0.1) is 0 Å². The van der Waals surface area contributed by atoms with E-state index in [0.29, 0.717) is 19.5 Å². The van der Waals surface area contributed by atoms with Crippen molar-refractivity contribution in [3.8, 4) is 0 Å². The molecule has 1 N–H and O–H groups in total. The van der Waals surface area contributed by atoms with Crippen molar-refractivity contribution in [3.63, 3.8) is 0 Å². The number of amides is 1. The van der Waals surface area contributed by atoms with Crippen LogP contribution in [0.2, 0.25) is 0 Å². The highest BCUT2D eigenvalue weighted by molar-refractivity contribution is 5.77. The van der Waals surface area contributed by atoms with Crippen LogP contribution in [0.4, 0.5) is 0 Å². The third kappa shape index (κ3) is 5.30. The lowest BCUT2D eigenvalue weighted by Crippen LogP contribution is -2.44. The predicted octanol–water partition coefficient (Wildman–Crippen LogP) is 1.06. The lowest BCUT2D eigenvalue weighted by molar-refractivity contribution is -0.137. The van der Waals surface area contributed by atoms with Crippen LogP contribution < -0.4 is 0 Å². The Morgan fingerprint density at radius 2 is 2.05 bits per heavy atom. The molecule has 0 fully saturated rings. The topological polar surface area (TPSA) is 76.1 Å². The van der Waals surface area contributed by atoms with Gasteiger partial charge in [-0.25, -0.2) is 0 Å². The standard InChI is InChI=1S/C14H23NO5/c1-19-11-6-3-4-9-15(10-12(11)20-2)13(16)7-5-8-14(17)18/h3,6,11-12H,4-5,7-10H2,1-2H3,(H,17,18)/b6-3-/t11-,12-/m0/s1. The van der Waals surface area contributed by atoms with E-state index in [2.05, 4.69) is 0 Å². The molecule has 0 spiro atoms. The zero-order valence-corrected chi connectivity index (χ0v) is 12.1. The molecule has 6 heteroatoms. The molecule has 0 aromatic carbocycles. The number of methoxy groups -OCH3 is 2. The third-order valence-corrected chi connectivity index (χ3v) is 3.37. The summed E-state index contributed by atoms with van der Waals surface area (Å²) in [6, 6.07) is 0. The first-order chi connectivity index (χ1) is 9.58. The van der Waals surface area contributed by atoms with Crippen molar-refractivity contribution in [1.29, 1.82) is 0 Å². The fourth-order valence-corrected chi connectivity index (χ4v) is 2.21. The number of hydrogen-bond donors (Lipinski definition) is 1. The van der Waals surface area contributed by atoms with Gasteiger partial charge in [0.2, 0.25) is 5.91 Å². The summed E-state index contributed by atoms with van der Waals surface area (Å²) in [6.07, 6.45) is 4.97. The summed E-state index contributed by atoms with van der Waals surface area (Å²) in [7, 11) is 3.21. The summed E-state index contributed by atoms with van der Waals surface area (Å²) in [5.74, 6) is -0.902. The number of nitrogens with zero attached hydrogens (tertiary/aromatic N) is 1. The van der Waals surface area contributed by atoms with Gasteiger partial charge in [-0.1, -0.05) is 12.2 Å². The smallest absolute Gasteiger partial charge is 0.303 e. The average Bonchev–Trinajstić information content (AvgIpc) is 2.38. The number of carbonyl (C=O) groups is 2. The van der Waals surface area contributed by atoms with Gasteiger partial charge in [0, 0.05) is 40.2 Å². The monoisotopic (exact) mass is 285 g/mol. The van der Waals surface area contributed by atoms with E-state index in [1.807, 2.05) is 12.2 Å². The van der Waals surface area contributed by atoms with Gasteiger partial charge in [0.25, 0.3) is 0 Å². The molecule has 1 aliphatic rings. The molecule has 2 atom stereocenters. The van der Waals surface area contributed by atoms with E-state index in [1.165, 1.54) is 0 Å². The van der Waals surface area contributed by atoms with E-state index in [-0.39, 0.29) is 31.0 Å². The summed E-state index contributed by atoms with van der Waals surface area (Å²) in [6.45, 7) is 1.09. The minimum atomic E-state index is -0.873. The fraction of sp³-hybridized carbons (Fsp3) is 0.714. The number of hydrogen-bond acceptors (Lipinski definition) is 4. The molecule has 0 unspecified atom stereocenters. The van der Waals surface area contributed by atoms with Crippen molar-refractivity contribution in [1.82, 2.24) is 4.90 Å². The van der Waals surface area contributed by atoms with Crippen LogP contribution in [0.15, 0.2) is 12.2 Å². The molecule has 0 aromatic rings. The highest BCUT2D eigenvalue weighted by Gasteiger charge is 2.25. The Morgan fingerprint density at radius 1 is 1.30 bits per heavy atom. The molecule has 114 valence electrons. The van der Waals surface area contributed by atoms with E-state index in [1.54, 1.807) is 19.1 Å². The van der Waals surface area contributed by atoms with Crippen LogP contribution in [-0.2, 0) is 19.1 Å². The Bertz CT molecular complexity index is 355. The first kappa shape index (κ1) is 16.7. The van der Waals surface area contributed by atoms with Gasteiger partial charge in [0.15, 0.2) is 0 Å². The third-order valence-electron chi connectivity index (χ3n) is 3.37. The molecule has 6 nitrogen and oxygen atoms in total. The van der Waals surface area contributed by atoms with Crippen LogP contribution in [0, 0.1) is 0 Å². The van der Waals surface area contributed by atoms with E-state index in [4.69, 9.17) is 14.6 Å². The highest BCUT2D eigenvalue weighted by atomic mass is 16.5. The molecule has 0 saturated heterocycles. The number of carbonyl (C=O) groups excluding carboxylic acids is 1. The van der Waals surface area contributed by atoms with Crippen molar-refractivity contribution < 1.29 is 24.2 Å². The minimum absolute atomic E-state index is 0.0217. The molecule has 0 aromatic heterocycles. The van der Waals surface area contributed by atoms with Gasteiger partial charge in [0.1, 0.15) is 12.2 Å². The fourth-order valence-electron chi connectivity index (χ4n) is 2.21. The Morgan fingerprint density at radius 3 is 2.65 bits per heavy atom. The lowest BCUT2D eigenvalue weighted by Gasteiger charge is -2.31. The van der Waals surface area contributed by atoms with Gasteiger partial charge < -0.3 is 19.5 Å². The van der Waals surface area contributed by atoms with Crippen LogP contribution >= 0.6 is 0 Å². The summed E-state index contributed by atoms with van der Waals surface area (Å²) >= 11 is 0. The number of carboxylic acid groups (broad SMARTS) is 1. The second kappa shape index (κ2) is 8.71. The van der Waals surface area contributed by atoms with Crippen molar-refractivity contribution in [3.05, 3.63) is 12.2 Å². The van der Waals surface area contributed by atoms with Gasteiger partial charge >= 0.3 is 5.97 Å². The van der Waals surface area contributed by atoms with Crippen molar-refractivity contribution in [2.24, 2.45) is 0 Å². The minimum Gasteiger partial charge on any atom is -0.481 e. The first-order valence-electron chi connectivity index (χ1n) is 6.80. The molecule has 0 radical (unpaired) electrons. The largest absolute Gasteiger partial charge is 0.481 e. The number of rotatable bonds is 6. The van der Waals surface area contributed by atoms with E-state index >= 15 is 0 Å². The quantitative estimate of drug-likeness (QED) is 0.738. The molecule has 1 heterocycles. The molecule has 0 saturated carbocycles. The molecule has 20 heavy (non-hydrogen) atoms. The molecular formula is C14H23NO5. The summed E-state index contributed by atoms with van der Waals surface area (Å²) in [5, 5.41) is 8.60. The Labute approximate surface area is 119 Å². The Kier molecular flexibility index (Phi) is 7.25. The van der Waals surface area contributed by atoms with E-state index in [0.717, 1.165) is 6.42 Å². The van der Waals surface area contributed by atoms with Crippen molar-refractivity contribution in [2.45, 2.75) is 37.9 Å². The maximum atomic E-state index is 12.1. The van der Waals surface area contributed by atoms with Crippen LogP contribution in [0.5, 0.6) is 0 Å². The van der Waals surface area contributed by atoms with Crippen LogP contribution in [-0.4, -0.2) is 61.4 Å². The Hall–Kier alpha value is -1.40. The SMILES string of the molecule is CO[C@H]1/C=C\CCN(C(=O)CCCC(=O)O)C[C@@H]1OC. The van der Waals surface area contributed by atoms with Gasteiger partial charge in [-0.3, -0.25) is 9.59 Å². The second-order valence-electron chi connectivity index (χ2n) is 4.78. The van der Waals surface area contributed by atoms with Crippen LogP contribution in [0.3, 0.4) is 0 Å². The number of ether oxygens (including phenoxy) is 2. The molecule has 1 aliphatic heterocycles. The summed E-state index contributed by atoms with van der Waals surface area (Å²) < 4.78 is 10.7. The molecular weight excluding hydrogens is 262 g/mol. The van der Waals surface area contributed by atoms with Crippen molar-refractivity contribution >= 4 is 11.9 Å². The highest BCUT2D eigenvalue weighted by Crippen LogP contribution is 2.13. The zero-order chi connectivity index (χ0) is 15.0. The lowest BCUT2D eigenvalue weighted by atomic mass is 10.1. The number of carboxylic acids is 1. The predicted molar refractivity (Wildman–Crippen MR) is 73.4 cm³/mol. The van der Waals surface area contributed by atoms with E-state index in [9.17, 15) is 9.59 Å². The molecule has 1 rings (SSSR count). The molecule has 0 bridgehead atoms. The van der Waals surface area contributed by atoms with Crippen molar-refractivity contribution in [2.75, 3.05) is 27.3 Å². The first-order valence-corrected chi connectivity index (χ1v) is 6.80. The average molecular weight is 285 g/mol. The maximum Gasteiger partial charge on any atom is 0.303 e. The van der Waals surface area contributed by atoms with Gasteiger partial charge in [-0.15, -0.1) is 0 Å². The van der Waals surface area contributed by atoms with Gasteiger partial charge in [-0.2, -0.15) is 0 Å². The van der Waals surface area contributed by atoms with Crippen LogP contribution in [0.25, 0.3) is 0 Å². The second-order valence-corrected chi connectivity index (χ2v) is 4.78. The van der Waals surface area contributed by atoms with Crippen LogP contribution in [0.1, 0.15) is 25.7 Å². The van der Waals surface area contributed by atoms with Gasteiger partial charge in [-0.05, 0) is 12.8 Å². The summed E-state index contributed by atoms with van der Waals surface area (Å²) in [5.41, 5.74) is 0. The maximum absolute atomic E-state index is 12.1. The van der Waals surface area contributed by atoms with E-state index < -0.39 is 5.97 Å². The zero-order valence-electron chi connectivity index (χ0n) is 12.1. The normalized spacial score (nSPS) is 24.8.